The van der Waals surface area contributed by atoms with Gasteiger partial charge in [0.15, 0.2) is 6.04 Å². The Hall–Kier alpha value is -2.95. The SMILES string of the molecule is COC(=O)[C@@H]1NN=C(C(=O)c2ccccc2)[C@H]1c1ccccc1. The lowest BCUT2D eigenvalue weighted by molar-refractivity contribution is -0.143. The Morgan fingerprint density at radius 1 is 1.00 bits per heavy atom. The molecule has 2 atom stereocenters. The van der Waals surface area contributed by atoms with E-state index in [9.17, 15) is 9.59 Å². The number of hydrazone groups is 1. The molecule has 116 valence electrons. The second-order valence-corrected chi connectivity index (χ2v) is 5.21. The Balaban J connectivity index is 1.99. The Labute approximate surface area is 134 Å². The highest BCUT2D eigenvalue weighted by Gasteiger charge is 2.41. The number of nitrogens with one attached hydrogen (secondary N) is 1. The molecule has 0 aromatic heterocycles. The molecule has 0 saturated heterocycles. The van der Waals surface area contributed by atoms with Crippen LogP contribution in [0.2, 0.25) is 0 Å². The van der Waals surface area contributed by atoms with Crippen LogP contribution in [0.4, 0.5) is 0 Å². The van der Waals surface area contributed by atoms with Crippen molar-refractivity contribution in [3.63, 3.8) is 0 Å². The molecule has 2 aromatic rings. The first kappa shape index (κ1) is 15.0. The molecule has 1 aliphatic rings. The van der Waals surface area contributed by atoms with Gasteiger partial charge in [-0.3, -0.25) is 10.2 Å². The summed E-state index contributed by atoms with van der Waals surface area (Å²) in [7, 11) is 1.32. The molecule has 3 rings (SSSR count). The van der Waals surface area contributed by atoms with Crippen LogP contribution in [0.1, 0.15) is 21.8 Å². The van der Waals surface area contributed by atoms with Crippen molar-refractivity contribution < 1.29 is 14.3 Å². The molecule has 0 amide bonds. The largest absolute Gasteiger partial charge is 0.467 e. The standard InChI is InChI=1S/C18H16N2O3/c1-23-18(22)16-14(12-8-4-2-5-9-12)15(19-20-16)17(21)13-10-6-3-7-11-13/h2-11,14,16,20H,1H3/t14-,16-/m1/s1. The quantitative estimate of drug-likeness (QED) is 0.694. The van der Waals surface area contributed by atoms with E-state index in [-0.39, 0.29) is 5.78 Å². The minimum Gasteiger partial charge on any atom is -0.467 e. The van der Waals surface area contributed by atoms with E-state index in [1.54, 1.807) is 24.3 Å². The van der Waals surface area contributed by atoms with Crippen LogP contribution in [0, 0.1) is 0 Å². The minimum absolute atomic E-state index is 0.196. The number of carbonyl (C=O) groups is 2. The Morgan fingerprint density at radius 3 is 2.22 bits per heavy atom. The van der Waals surface area contributed by atoms with Crippen molar-refractivity contribution in [2.24, 2.45) is 5.10 Å². The van der Waals surface area contributed by atoms with E-state index in [0.29, 0.717) is 11.3 Å². The van der Waals surface area contributed by atoms with Crippen molar-refractivity contribution in [1.82, 2.24) is 5.43 Å². The molecule has 0 saturated carbocycles. The highest BCUT2D eigenvalue weighted by molar-refractivity contribution is 6.48. The molecular weight excluding hydrogens is 292 g/mol. The van der Waals surface area contributed by atoms with Crippen LogP contribution in [0.15, 0.2) is 65.8 Å². The fraction of sp³-hybridized carbons (Fsp3) is 0.167. The Bertz CT molecular complexity index is 741. The number of ether oxygens (including phenoxy) is 1. The van der Waals surface area contributed by atoms with E-state index < -0.39 is 17.9 Å². The third-order valence-electron chi connectivity index (χ3n) is 3.83. The van der Waals surface area contributed by atoms with Gasteiger partial charge < -0.3 is 4.74 Å². The minimum atomic E-state index is -0.704. The maximum Gasteiger partial charge on any atom is 0.330 e. The normalized spacial score (nSPS) is 19.6. The van der Waals surface area contributed by atoms with E-state index >= 15 is 0 Å². The lowest BCUT2D eigenvalue weighted by atomic mass is 9.85. The van der Waals surface area contributed by atoms with Gasteiger partial charge in [0.1, 0.15) is 5.71 Å². The first-order valence-electron chi connectivity index (χ1n) is 7.28. The van der Waals surface area contributed by atoms with E-state index in [1.807, 2.05) is 36.4 Å². The summed E-state index contributed by atoms with van der Waals surface area (Å²) in [6, 6.07) is 17.6. The van der Waals surface area contributed by atoms with Crippen LogP contribution in [0.3, 0.4) is 0 Å². The topological polar surface area (TPSA) is 67.8 Å². The summed E-state index contributed by atoms with van der Waals surface area (Å²) in [6.07, 6.45) is 0. The highest BCUT2D eigenvalue weighted by atomic mass is 16.5. The van der Waals surface area contributed by atoms with Gasteiger partial charge in [-0.2, -0.15) is 5.10 Å². The van der Waals surface area contributed by atoms with Crippen molar-refractivity contribution in [3.8, 4) is 0 Å². The molecule has 1 heterocycles. The van der Waals surface area contributed by atoms with Crippen molar-refractivity contribution in [2.75, 3.05) is 7.11 Å². The summed E-state index contributed by atoms with van der Waals surface area (Å²) >= 11 is 0. The molecule has 0 spiro atoms. The molecular formula is C18H16N2O3. The molecule has 5 heteroatoms. The highest BCUT2D eigenvalue weighted by Crippen LogP contribution is 2.28. The number of hydrogen-bond acceptors (Lipinski definition) is 5. The fourth-order valence-electron chi connectivity index (χ4n) is 2.70. The number of ketones is 1. The molecule has 23 heavy (non-hydrogen) atoms. The van der Waals surface area contributed by atoms with Gasteiger partial charge >= 0.3 is 5.97 Å². The van der Waals surface area contributed by atoms with Gasteiger partial charge in [0.2, 0.25) is 5.78 Å². The summed E-state index contributed by atoms with van der Waals surface area (Å²) < 4.78 is 4.83. The van der Waals surface area contributed by atoms with Crippen molar-refractivity contribution in [2.45, 2.75) is 12.0 Å². The molecule has 0 aliphatic carbocycles. The molecule has 0 bridgehead atoms. The predicted molar refractivity (Wildman–Crippen MR) is 86.3 cm³/mol. The Morgan fingerprint density at radius 2 is 1.61 bits per heavy atom. The third kappa shape index (κ3) is 2.85. The van der Waals surface area contributed by atoms with Crippen molar-refractivity contribution in [1.29, 1.82) is 0 Å². The number of hydrogen-bond donors (Lipinski definition) is 1. The second-order valence-electron chi connectivity index (χ2n) is 5.21. The first-order chi connectivity index (χ1) is 11.2. The van der Waals surface area contributed by atoms with Gasteiger partial charge in [-0.05, 0) is 5.56 Å². The zero-order chi connectivity index (χ0) is 16.2. The van der Waals surface area contributed by atoms with Crippen molar-refractivity contribution >= 4 is 17.5 Å². The van der Waals surface area contributed by atoms with Gasteiger partial charge in [-0.1, -0.05) is 60.7 Å². The molecule has 1 aliphatic heterocycles. The van der Waals surface area contributed by atoms with Gasteiger partial charge in [-0.15, -0.1) is 0 Å². The maximum atomic E-state index is 12.8. The average Bonchev–Trinajstić information content (AvgIpc) is 3.07. The molecule has 0 unspecified atom stereocenters. The number of methoxy groups -OCH3 is 1. The second kappa shape index (κ2) is 6.44. The molecule has 1 N–H and O–H groups in total. The van der Waals surface area contributed by atoms with E-state index in [4.69, 9.17) is 4.74 Å². The van der Waals surface area contributed by atoms with Crippen LogP contribution in [0.25, 0.3) is 0 Å². The van der Waals surface area contributed by atoms with Crippen LogP contribution in [0.5, 0.6) is 0 Å². The van der Waals surface area contributed by atoms with Crippen molar-refractivity contribution in [3.05, 3.63) is 71.8 Å². The number of esters is 1. The van der Waals surface area contributed by atoms with E-state index in [1.165, 1.54) is 7.11 Å². The summed E-state index contributed by atoms with van der Waals surface area (Å²) in [6.45, 7) is 0. The van der Waals surface area contributed by atoms with Crippen LogP contribution in [-0.4, -0.2) is 30.6 Å². The third-order valence-corrected chi connectivity index (χ3v) is 3.83. The van der Waals surface area contributed by atoms with E-state index in [0.717, 1.165) is 5.56 Å². The lowest BCUT2D eigenvalue weighted by Gasteiger charge is -2.18. The first-order valence-corrected chi connectivity index (χ1v) is 7.28. The molecule has 0 radical (unpaired) electrons. The fourth-order valence-corrected chi connectivity index (χ4v) is 2.70. The molecule has 5 nitrogen and oxygen atoms in total. The van der Waals surface area contributed by atoms with E-state index in [2.05, 4.69) is 10.5 Å². The van der Waals surface area contributed by atoms with Gasteiger partial charge in [-0.25, -0.2) is 4.79 Å². The van der Waals surface area contributed by atoms with Gasteiger partial charge in [0, 0.05) is 5.56 Å². The molecule has 0 fully saturated rings. The molecule has 2 aromatic carbocycles. The monoisotopic (exact) mass is 308 g/mol. The summed E-state index contributed by atoms with van der Waals surface area (Å²) in [5, 5.41) is 4.14. The number of carbonyl (C=O) groups excluding carboxylic acids is 2. The zero-order valence-electron chi connectivity index (χ0n) is 12.6. The maximum absolute atomic E-state index is 12.8. The smallest absolute Gasteiger partial charge is 0.330 e. The number of rotatable bonds is 4. The number of nitrogens with zero attached hydrogens (tertiary/aromatic N) is 1. The lowest BCUT2D eigenvalue weighted by Crippen LogP contribution is -2.38. The zero-order valence-corrected chi connectivity index (χ0v) is 12.6. The summed E-state index contributed by atoms with van der Waals surface area (Å²) in [4.78, 5) is 24.8. The summed E-state index contributed by atoms with van der Waals surface area (Å²) in [5.41, 5.74) is 4.45. The van der Waals surface area contributed by atoms with Crippen LogP contribution in [-0.2, 0) is 9.53 Å². The number of benzene rings is 2. The predicted octanol–water partition coefficient (Wildman–Crippen LogP) is 2.15. The van der Waals surface area contributed by atoms with Gasteiger partial charge in [0.25, 0.3) is 0 Å². The van der Waals surface area contributed by atoms with Crippen LogP contribution >= 0.6 is 0 Å². The summed E-state index contributed by atoms with van der Waals surface area (Å²) in [5.74, 6) is -1.12. The average molecular weight is 308 g/mol. The van der Waals surface area contributed by atoms with Crippen LogP contribution < -0.4 is 5.43 Å². The van der Waals surface area contributed by atoms with Gasteiger partial charge in [0.05, 0.1) is 13.0 Å². The Kier molecular flexibility index (Phi) is 4.19. The number of Topliss-reactive ketones (excluding diaryl/α,β-unsaturated/α-hetero) is 1.